The van der Waals surface area contributed by atoms with Gasteiger partial charge in [-0.15, -0.1) is 0 Å². The van der Waals surface area contributed by atoms with Crippen molar-refractivity contribution in [2.75, 3.05) is 0 Å². The molecule has 2 nitrogen and oxygen atoms in total. The molecule has 0 fully saturated rings. The van der Waals surface area contributed by atoms with Crippen molar-refractivity contribution in [1.82, 2.24) is 4.72 Å². The average molecular weight is 267 g/mol. The van der Waals surface area contributed by atoms with Gasteiger partial charge < -0.3 is 0 Å². The molecule has 0 saturated heterocycles. The Morgan fingerprint density at radius 3 is 2.28 bits per heavy atom. The van der Waals surface area contributed by atoms with Gasteiger partial charge in [-0.1, -0.05) is 25.1 Å². The molecule has 3 heteroatoms. The van der Waals surface area contributed by atoms with Crippen molar-refractivity contribution in [3.05, 3.63) is 34.9 Å². The Morgan fingerprint density at radius 2 is 1.83 bits per heavy atom. The molecule has 2 atom stereocenters. The van der Waals surface area contributed by atoms with Gasteiger partial charge in [0.05, 0.1) is 15.7 Å². The first kappa shape index (κ1) is 15.4. The monoisotopic (exact) mass is 267 g/mol. The Labute approximate surface area is 114 Å². The normalized spacial score (nSPS) is 15.4. The SMILES string of the molecule is CCC(NS(=O)C(C)(C)C)c1ccc(C)c(C)c1. The lowest BCUT2D eigenvalue weighted by Gasteiger charge is -2.24. The summed E-state index contributed by atoms with van der Waals surface area (Å²) in [5, 5.41) is 0. The summed E-state index contributed by atoms with van der Waals surface area (Å²) in [5.41, 5.74) is 3.80. The standard InChI is InChI=1S/C15H25NOS/c1-7-14(16-18(17)15(4,5)6)13-9-8-11(2)12(3)10-13/h8-10,14,16H,7H2,1-6H3. The molecule has 102 valence electrons. The quantitative estimate of drug-likeness (QED) is 0.883. The summed E-state index contributed by atoms with van der Waals surface area (Å²) in [7, 11) is -1.03. The number of benzene rings is 1. The molecule has 0 amide bonds. The summed E-state index contributed by atoms with van der Waals surface area (Å²) in [6.07, 6.45) is 0.935. The van der Waals surface area contributed by atoms with Crippen molar-refractivity contribution in [1.29, 1.82) is 0 Å². The Balaban J connectivity index is 2.90. The van der Waals surface area contributed by atoms with Crippen LogP contribution in [0.2, 0.25) is 0 Å². The molecule has 0 aliphatic carbocycles. The average Bonchev–Trinajstić information content (AvgIpc) is 2.28. The second-order valence-corrected chi connectivity index (χ2v) is 7.80. The minimum atomic E-state index is -1.03. The Morgan fingerprint density at radius 1 is 1.22 bits per heavy atom. The van der Waals surface area contributed by atoms with Crippen molar-refractivity contribution < 1.29 is 4.21 Å². The number of aryl methyl sites for hydroxylation is 2. The molecule has 0 aliphatic rings. The van der Waals surface area contributed by atoms with Crippen LogP contribution >= 0.6 is 0 Å². The fourth-order valence-electron chi connectivity index (χ4n) is 1.67. The first-order valence-corrected chi connectivity index (χ1v) is 7.66. The van der Waals surface area contributed by atoms with E-state index >= 15 is 0 Å². The van der Waals surface area contributed by atoms with Crippen LogP contribution < -0.4 is 4.72 Å². The lowest BCUT2D eigenvalue weighted by atomic mass is 10.0. The molecule has 1 N–H and O–H groups in total. The maximum absolute atomic E-state index is 12.2. The highest BCUT2D eigenvalue weighted by Gasteiger charge is 2.22. The number of rotatable bonds is 4. The summed E-state index contributed by atoms with van der Waals surface area (Å²) in [6.45, 7) is 12.3. The molecule has 0 spiro atoms. The van der Waals surface area contributed by atoms with Crippen LogP contribution in [0.15, 0.2) is 18.2 Å². The first-order chi connectivity index (χ1) is 8.25. The zero-order valence-electron chi connectivity index (χ0n) is 12.3. The van der Waals surface area contributed by atoms with Crippen molar-refractivity contribution in [2.24, 2.45) is 0 Å². The molecule has 0 saturated carbocycles. The molecular weight excluding hydrogens is 242 g/mol. The Kier molecular flexibility index (Phi) is 5.11. The van der Waals surface area contributed by atoms with E-state index in [1.54, 1.807) is 0 Å². The lowest BCUT2D eigenvalue weighted by Crippen LogP contribution is -2.35. The third-order valence-corrected chi connectivity index (χ3v) is 4.76. The molecule has 1 rings (SSSR count). The number of hydrogen-bond acceptors (Lipinski definition) is 1. The van der Waals surface area contributed by atoms with Gasteiger partial charge in [-0.05, 0) is 57.7 Å². The zero-order valence-corrected chi connectivity index (χ0v) is 13.1. The highest BCUT2D eigenvalue weighted by Crippen LogP contribution is 2.22. The fourth-order valence-corrected chi connectivity index (χ4v) is 2.59. The van der Waals surface area contributed by atoms with Crippen LogP contribution in [0.5, 0.6) is 0 Å². The molecule has 0 aromatic heterocycles. The Hall–Kier alpha value is -0.670. The van der Waals surface area contributed by atoms with Crippen LogP contribution in [0.4, 0.5) is 0 Å². The Bertz CT molecular complexity index is 435. The second kappa shape index (κ2) is 5.98. The molecular formula is C15H25NOS. The van der Waals surface area contributed by atoms with Gasteiger partial charge in [0.25, 0.3) is 0 Å². The molecule has 18 heavy (non-hydrogen) atoms. The maximum Gasteiger partial charge on any atom is 0.0975 e. The summed E-state index contributed by atoms with van der Waals surface area (Å²) >= 11 is 0. The van der Waals surface area contributed by atoms with Gasteiger partial charge in [0, 0.05) is 6.04 Å². The fraction of sp³-hybridized carbons (Fsp3) is 0.600. The number of nitrogens with one attached hydrogen (secondary N) is 1. The third-order valence-electron chi connectivity index (χ3n) is 3.15. The van der Waals surface area contributed by atoms with Crippen LogP contribution in [0, 0.1) is 13.8 Å². The second-order valence-electron chi connectivity index (χ2n) is 5.80. The smallest absolute Gasteiger partial charge is 0.0975 e. The van der Waals surface area contributed by atoms with E-state index in [-0.39, 0.29) is 10.8 Å². The van der Waals surface area contributed by atoms with Crippen LogP contribution in [-0.2, 0) is 11.0 Å². The summed E-state index contributed by atoms with van der Waals surface area (Å²) < 4.78 is 15.2. The predicted molar refractivity (Wildman–Crippen MR) is 80.0 cm³/mol. The molecule has 0 aliphatic heterocycles. The van der Waals surface area contributed by atoms with Gasteiger partial charge in [-0.2, -0.15) is 0 Å². The van der Waals surface area contributed by atoms with E-state index in [0.717, 1.165) is 6.42 Å². The van der Waals surface area contributed by atoms with E-state index in [1.165, 1.54) is 16.7 Å². The topological polar surface area (TPSA) is 29.1 Å². The van der Waals surface area contributed by atoms with E-state index in [9.17, 15) is 4.21 Å². The van der Waals surface area contributed by atoms with Gasteiger partial charge in [-0.3, -0.25) is 0 Å². The minimum Gasteiger partial charge on any atom is -0.242 e. The molecule has 0 radical (unpaired) electrons. The highest BCUT2D eigenvalue weighted by atomic mass is 32.2. The van der Waals surface area contributed by atoms with Crippen molar-refractivity contribution >= 4 is 11.0 Å². The van der Waals surface area contributed by atoms with Crippen molar-refractivity contribution in [3.63, 3.8) is 0 Å². The first-order valence-electron chi connectivity index (χ1n) is 6.51. The molecule has 2 unspecified atom stereocenters. The molecule has 0 heterocycles. The predicted octanol–water partition coefficient (Wildman–Crippen LogP) is 3.81. The highest BCUT2D eigenvalue weighted by molar-refractivity contribution is 7.84. The van der Waals surface area contributed by atoms with E-state index in [2.05, 4.69) is 43.7 Å². The van der Waals surface area contributed by atoms with Crippen molar-refractivity contribution in [2.45, 2.75) is 58.8 Å². The molecule has 1 aromatic carbocycles. The number of hydrogen-bond donors (Lipinski definition) is 1. The van der Waals surface area contributed by atoms with Crippen LogP contribution in [0.3, 0.4) is 0 Å². The van der Waals surface area contributed by atoms with Gasteiger partial charge in [0.15, 0.2) is 0 Å². The zero-order chi connectivity index (χ0) is 13.9. The summed E-state index contributed by atoms with van der Waals surface area (Å²) in [6, 6.07) is 6.61. The lowest BCUT2D eigenvalue weighted by molar-refractivity contribution is 0.589. The molecule has 1 aromatic rings. The van der Waals surface area contributed by atoms with E-state index in [1.807, 2.05) is 20.8 Å². The maximum atomic E-state index is 12.2. The third kappa shape index (κ3) is 3.92. The largest absolute Gasteiger partial charge is 0.242 e. The van der Waals surface area contributed by atoms with Gasteiger partial charge in [0.1, 0.15) is 0 Å². The minimum absolute atomic E-state index is 0.157. The van der Waals surface area contributed by atoms with E-state index in [4.69, 9.17) is 0 Å². The van der Waals surface area contributed by atoms with Gasteiger partial charge >= 0.3 is 0 Å². The van der Waals surface area contributed by atoms with E-state index < -0.39 is 11.0 Å². The van der Waals surface area contributed by atoms with Crippen molar-refractivity contribution in [3.8, 4) is 0 Å². The van der Waals surface area contributed by atoms with Crippen LogP contribution in [-0.4, -0.2) is 8.96 Å². The molecule has 0 bridgehead atoms. The summed E-state index contributed by atoms with van der Waals surface area (Å²) in [4.78, 5) is 0. The summed E-state index contributed by atoms with van der Waals surface area (Å²) in [5.74, 6) is 0. The van der Waals surface area contributed by atoms with Crippen LogP contribution in [0.1, 0.15) is 56.8 Å². The van der Waals surface area contributed by atoms with Crippen LogP contribution in [0.25, 0.3) is 0 Å². The van der Waals surface area contributed by atoms with E-state index in [0.29, 0.717) is 0 Å². The van der Waals surface area contributed by atoms with Gasteiger partial charge in [0.2, 0.25) is 0 Å². The van der Waals surface area contributed by atoms with Gasteiger partial charge in [-0.25, -0.2) is 8.93 Å².